The summed E-state index contributed by atoms with van der Waals surface area (Å²) in [4.78, 5) is 26.9. The van der Waals surface area contributed by atoms with Crippen molar-refractivity contribution < 1.29 is 23.8 Å². The fourth-order valence-electron chi connectivity index (χ4n) is 3.70. The monoisotopic (exact) mass is 475 g/mol. The number of hydrogen-bond donors (Lipinski definition) is 2. The highest BCUT2D eigenvalue weighted by molar-refractivity contribution is 6.30. The molecule has 1 aliphatic rings. The van der Waals surface area contributed by atoms with Crippen molar-refractivity contribution in [3.05, 3.63) is 58.6 Å². The highest BCUT2D eigenvalue weighted by Crippen LogP contribution is 2.32. The molecule has 33 heavy (non-hydrogen) atoms. The van der Waals surface area contributed by atoms with Gasteiger partial charge in [0.05, 0.1) is 33.5 Å². The Morgan fingerprint density at radius 1 is 1.03 bits per heavy atom. The number of amides is 2. The van der Waals surface area contributed by atoms with E-state index in [0.717, 1.165) is 18.7 Å². The number of halogens is 1. The van der Waals surface area contributed by atoms with Crippen molar-refractivity contribution in [2.45, 2.75) is 12.5 Å². The topological polar surface area (TPSA) is 89.1 Å². The summed E-state index contributed by atoms with van der Waals surface area (Å²) in [5.74, 6) is 0.924. The minimum absolute atomic E-state index is 0.0404. The van der Waals surface area contributed by atoms with Gasteiger partial charge < -0.3 is 24.8 Å². The Kier molecular flexibility index (Phi) is 9.35. The zero-order valence-electron chi connectivity index (χ0n) is 18.9. The van der Waals surface area contributed by atoms with Crippen LogP contribution >= 0.6 is 11.6 Å². The summed E-state index contributed by atoms with van der Waals surface area (Å²) >= 11 is 5.85. The molecule has 2 amide bonds. The number of nitrogens with one attached hydrogen (secondary N) is 2. The van der Waals surface area contributed by atoms with Crippen molar-refractivity contribution in [2.24, 2.45) is 0 Å². The maximum atomic E-state index is 12.5. The molecule has 178 valence electrons. The molecule has 0 bridgehead atoms. The van der Waals surface area contributed by atoms with Crippen molar-refractivity contribution >= 4 is 23.4 Å². The first-order valence-corrected chi connectivity index (χ1v) is 11.2. The van der Waals surface area contributed by atoms with Gasteiger partial charge in [-0.2, -0.15) is 0 Å². The molecule has 1 unspecified atom stereocenters. The number of nitrogens with zero attached hydrogens (tertiary/aromatic N) is 1. The summed E-state index contributed by atoms with van der Waals surface area (Å²) in [5.41, 5.74) is 1.52. The highest BCUT2D eigenvalue weighted by Gasteiger charge is 2.24. The van der Waals surface area contributed by atoms with Crippen LogP contribution in [0.15, 0.2) is 42.5 Å². The van der Waals surface area contributed by atoms with Crippen LogP contribution in [0, 0.1) is 0 Å². The summed E-state index contributed by atoms with van der Waals surface area (Å²) < 4.78 is 16.3. The smallest absolute Gasteiger partial charge is 0.251 e. The van der Waals surface area contributed by atoms with Crippen LogP contribution in [0.1, 0.15) is 28.4 Å². The molecule has 1 fully saturated rings. The molecule has 0 aliphatic carbocycles. The molecule has 0 saturated carbocycles. The molecule has 8 nitrogen and oxygen atoms in total. The minimum atomic E-state index is -0.240. The number of rotatable bonds is 10. The zero-order valence-corrected chi connectivity index (χ0v) is 19.7. The van der Waals surface area contributed by atoms with Gasteiger partial charge in [-0.3, -0.25) is 14.5 Å². The van der Waals surface area contributed by atoms with Crippen LogP contribution in [-0.4, -0.2) is 70.3 Å². The molecule has 1 aliphatic heterocycles. The SMILES string of the molecule is COc1ccc(C(CNC(=O)CCNC(=O)c2ccc(Cl)cc2)N2CCOCC2)cc1OC. The van der Waals surface area contributed by atoms with Gasteiger partial charge in [-0.1, -0.05) is 17.7 Å². The summed E-state index contributed by atoms with van der Waals surface area (Å²) in [5, 5.41) is 6.33. The molecule has 0 spiro atoms. The highest BCUT2D eigenvalue weighted by atomic mass is 35.5. The summed E-state index contributed by atoms with van der Waals surface area (Å²) in [6.07, 6.45) is 0.182. The van der Waals surface area contributed by atoms with Crippen LogP contribution in [0.25, 0.3) is 0 Å². The van der Waals surface area contributed by atoms with E-state index in [-0.39, 0.29) is 30.8 Å². The number of ether oxygens (including phenoxy) is 3. The molecule has 2 aromatic rings. The second-order valence-electron chi connectivity index (χ2n) is 7.60. The molecule has 1 heterocycles. The standard InChI is InChI=1S/C24H30ClN3O5/c1-31-21-8-5-18(15-22(21)32-2)20(28-11-13-33-14-12-28)16-27-23(29)9-10-26-24(30)17-3-6-19(25)7-4-17/h3-8,15,20H,9-14,16H2,1-2H3,(H,26,30)(H,27,29). The first-order valence-electron chi connectivity index (χ1n) is 10.9. The van der Waals surface area contributed by atoms with Gasteiger partial charge >= 0.3 is 0 Å². The van der Waals surface area contributed by atoms with Gasteiger partial charge in [-0.15, -0.1) is 0 Å². The van der Waals surface area contributed by atoms with Gasteiger partial charge in [-0.05, 0) is 42.0 Å². The lowest BCUT2D eigenvalue weighted by Crippen LogP contribution is -2.44. The van der Waals surface area contributed by atoms with Gasteiger partial charge in [0.2, 0.25) is 5.91 Å². The number of morpholine rings is 1. The Hall–Kier alpha value is -2.81. The van der Waals surface area contributed by atoms with E-state index in [1.165, 1.54) is 0 Å². The molecule has 1 saturated heterocycles. The molecular weight excluding hydrogens is 446 g/mol. The lowest BCUT2D eigenvalue weighted by Gasteiger charge is -2.35. The second kappa shape index (κ2) is 12.4. The van der Waals surface area contributed by atoms with E-state index in [2.05, 4.69) is 15.5 Å². The van der Waals surface area contributed by atoms with E-state index >= 15 is 0 Å². The minimum Gasteiger partial charge on any atom is -0.493 e. The Balaban J connectivity index is 1.57. The van der Waals surface area contributed by atoms with E-state index in [1.54, 1.807) is 38.5 Å². The molecule has 0 aromatic heterocycles. The van der Waals surface area contributed by atoms with Crippen LogP contribution in [0.4, 0.5) is 0 Å². The van der Waals surface area contributed by atoms with Crippen LogP contribution in [0.5, 0.6) is 11.5 Å². The lowest BCUT2D eigenvalue weighted by molar-refractivity contribution is -0.121. The number of hydrogen-bond acceptors (Lipinski definition) is 6. The van der Waals surface area contributed by atoms with Crippen LogP contribution < -0.4 is 20.1 Å². The van der Waals surface area contributed by atoms with Crippen LogP contribution in [0.2, 0.25) is 5.02 Å². The average Bonchev–Trinajstić information content (AvgIpc) is 2.85. The zero-order chi connectivity index (χ0) is 23.6. The Labute approximate surface area is 199 Å². The van der Waals surface area contributed by atoms with Gasteiger partial charge in [0.15, 0.2) is 11.5 Å². The average molecular weight is 476 g/mol. The first-order chi connectivity index (χ1) is 16.0. The van der Waals surface area contributed by atoms with Crippen molar-refractivity contribution in [3.63, 3.8) is 0 Å². The maximum Gasteiger partial charge on any atom is 0.251 e. The molecule has 9 heteroatoms. The Morgan fingerprint density at radius 2 is 1.73 bits per heavy atom. The Morgan fingerprint density at radius 3 is 2.39 bits per heavy atom. The van der Waals surface area contributed by atoms with E-state index in [4.69, 9.17) is 25.8 Å². The second-order valence-corrected chi connectivity index (χ2v) is 8.03. The number of methoxy groups -OCH3 is 2. The molecular formula is C24H30ClN3O5. The third-order valence-electron chi connectivity index (χ3n) is 5.52. The van der Waals surface area contributed by atoms with Gasteiger partial charge in [0, 0.05) is 43.2 Å². The van der Waals surface area contributed by atoms with Crippen LogP contribution in [0.3, 0.4) is 0 Å². The van der Waals surface area contributed by atoms with E-state index in [1.807, 2.05) is 18.2 Å². The Bertz CT molecular complexity index is 932. The molecule has 2 aromatic carbocycles. The summed E-state index contributed by atoms with van der Waals surface area (Å²) in [6, 6.07) is 12.4. The van der Waals surface area contributed by atoms with E-state index < -0.39 is 0 Å². The van der Waals surface area contributed by atoms with Gasteiger partial charge in [0.1, 0.15) is 0 Å². The number of carbonyl (C=O) groups excluding carboxylic acids is 2. The van der Waals surface area contributed by atoms with Crippen molar-refractivity contribution in [2.75, 3.05) is 53.6 Å². The van der Waals surface area contributed by atoms with Gasteiger partial charge in [-0.25, -0.2) is 0 Å². The summed E-state index contributed by atoms with van der Waals surface area (Å²) in [7, 11) is 3.20. The normalized spacial score (nSPS) is 14.9. The predicted octanol–water partition coefficient (Wildman–Crippen LogP) is 2.67. The van der Waals surface area contributed by atoms with E-state index in [0.29, 0.717) is 41.8 Å². The van der Waals surface area contributed by atoms with Crippen molar-refractivity contribution in [1.29, 1.82) is 0 Å². The van der Waals surface area contributed by atoms with E-state index in [9.17, 15) is 9.59 Å². The molecule has 2 N–H and O–H groups in total. The van der Waals surface area contributed by atoms with Gasteiger partial charge in [0.25, 0.3) is 5.91 Å². The third kappa shape index (κ3) is 7.08. The largest absolute Gasteiger partial charge is 0.493 e. The van der Waals surface area contributed by atoms with Crippen molar-refractivity contribution in [1.82, 2.24) is 15.5 Å². The maximum absolute atomic E-state index is 12.5. The summed E-state index contributed by atoms with van der Waals surface area (Å²) in [6.45, 7) is 3.51. The lowest BCUT2D eigenvalue weighted by atomic mass is 10.0. The fraction of sp³-hybridized carbons (Fsp3) is 0.417. The predicted molar refractivity (Wildman–Crippen MR) is 126 cm³/mol. The first kappa shape index (κ1) is 24.8. The fourth-order valence-corrected chi connectivity index (χ4v) is 3.82. The van der Waals surface area contributed by atoms with Crippen molar-refractivity contribution in [3.8, 4) is 11.5 Å². The number of carbonyl (C=O) groups is 2. The number of benzene rings is 2. The molecule has 3 rings (SSSR count). The molecule has 1 atom stereocenters. The quantitative estimate of drug-likeness (QED) is 0.549. The van der Waals surface area contributed by atoms with Crippen LogP contribution in [-0.2, 0) is 9.53 Å². The third-order valence-corrected chi connectivity index (χ3v) is 5.77. The molecule has 0 radical (unpaired) electrons.